The van der Waals surface area contributed by atoms with Gasteiger partial charge in [-0.25, -0.2) is 9.97 Å². The van der Waals surface area contributed by atoms with Crippen LogP contribution < -0.4 is 5.73 Å². The molecule has 1 atom stereocenters. The Bertz CT molecular complexity index is 756. The molecule has 1 unspecified atom stereocenters. The van der Waals surface area contributed by atoms with E-state index in [1.807, 2.05) is 18.3 Å². The highest BCUT2D eigenvalue weighted by Gasteiger charge is 2.19. The topological polar surface area (TPSA) is 56.7 Å². The number of anilines is 1. The standard InChI is InChI=1S/C15H18N4S/c1-4-11-8-17-14(20-11)10(3)19-13-9(2)6-5-7-12(13)18-15(19)16/h5-8,10H,4H2,1-3H3,(H2,16,18). The van der Waals surface area contributed by atoms with Crippen molar-refractivity contribution in [1.82, 2.24) is 14.5 Å². The molecule has 0 bridgehead atoms. The molecule has 0 saturated carbocycles. The van der Waals surface area contributed by atoms with E-state index < -0.39 is 0 Å². The summed E-state index contributed by atoms with van der Waals surface area (Å²) < 4.78 is 2.09. The van der Waals surface area contributed by atoms with Crippen LogP contribution in [-0.2, 0) is 6.42 Å². The Balaban J connectivity index is 2.15. The average Bonchev–Trinajstić information content (AvgIpc) is 3.02. The molecule has 5 heteroatoms. The molecule has 0 aliphatic heterocycles. The molecular weight excluding hydrogens is 268 g/mol. The van der Waals surface area contributed by atoms with Crippen LogP contribution in [0.2, 0.25) is 0 Å². The molecule has 0 fully saturated rings. The Morgan fingerprint density at radius 3 is 2.90 bits per heavy atom. The molecule has 2 N–H and O–H groups in total. The van der Waals surface area contributed by atoms with E-state index in [1.54, 1.807) is 11.3 Å². The molecular formula is C15H18N4S. The van der Waals surface area contributed by atoms with Crippen molar-refractivity contribution in [3.8, 4) is 0 Å². The van der Waals surface area contributed by atoms with E-state index in [2.05, 4.69) is 41.4 Å². The SMILES string of the molecule is CCc1cnc(C(C)n2c(N)nc3cccc(C)c32)s1. The van der Waals surface area contributed by atoms with Gasteiger partial charge in [-0.1, -0.05) is 19.1 Å². The normalized spacial score (nSPS) is 12.9. The van der Waals surface area contributed by atoms with Gasteiger partial charge in [0, 0.05) is 11.1 Å². The fraction of sp³-hybridized carbons (Fsp3) is 0.333. The van der Waals surface area contributed by atoms with Crippen molar-refractivity contribution in [2.45, 2.75) is 33.2 Å². The number of hydrogen-bond donors (Lipinski definition) is 1. The van der Waals surface area contributed by atoms with E-state index in [0.29, 0.717) is 5.95 Å². The number of para-hydroxylation sites is 1. The second-order valence-corrected chi connectivity index (χ2v) is 6.12. The van der Waals surface area contributed by atoms with Gasteiger partial charge in [-0.05, 0) is 31.9 Å². The Morgan fingerprint density at radius 2 is 2.20 bits per heavy atom. The summed E-state index contributed by atoms with van der Waals surface area (Å²) in [6.07, 6.45) is 2.97. The Morgan fingerprint density at radius 1 is 1.40 bits per heavy atom. The predicted molar refractivity (Wildman–Crippen MR) is 84.2 cm³/mol. The number of nitrogens with zero attached hydrogens (tertiary/aromatic N) is 3. The number of thiazole rings is 1. The zero-order valence-electron chi connectivity index (χ0n) is 11.9. The van der Waals surface area contributed by atoms with Gasteiger partial charge in [-0.2, -0.15) is 0 Å². The smallest absolute Gasteiger partial charge is 0.201 e. The van der Waals surface area contributed by atoms with Gasteiger partial charge in [0.2, 0.25) is 5.95 Å². The van der Waals surface area contributed by atoms with Crippen LogP contribution in [0.25, 0.3) is 11.0 Å². The summed E-state index contributed by atoms with van der Waals surface area (Å²) in [5, 5.41) is 1.08. The molecule has 20 heavy (non-hydrogen) atoms. The second kappa shape index (κ2) is 4.90. The molecule has 0 spiro atoms. The zero-order chi connectivity index (χ0) is 14.3. The van der Waals surface area contributed by atoms with Crippen molar-refractivity contribution in [2.24, 2.45) is 0 Å². The molecule has 3 rings (SSSR count). The zero-order valence-corrected chi connectivity index (χ0v) is 12.7. The number of nitrogen functional groups attached to an aromatic ring is 1. The number of hydrogen-bond acceptors (Lipinski definition) is 4. The maximum Gasteiger partial charge on any atom is 0.201 e. The van der Waals surface area contributed by atoms with Crippen molar-refractivity contribution in [3.63, 3.8) is 0 Å². The van der Waals surface area contributed by atoms with E-state index in [9.17, 15) is 0 Å². The Kier molecular flexibility index (Phi) is 3.22. The molecule has 2 aromatic heterocycles. The summed E-state index contributed by atoms with van der Waals surface area (Å²) in [6, 6.07) is 6.21. The first-order chi connectivity index (χ1) is 9.61. The van der Waals surface area contributed by atoms with Gasteiger partial charge < -0.3 is 10.3 Å². The number of aryl methyl sites for hydroxylation is 2. The number of benzene rings is 1. The highest BCUT2D eigenvalue weighted by molar-refractivity contribution is 7.11. The van der Waals surface area contributed by atoms with Crippen molar-refractivity contribution in [1.29, 1.82) is 0 Å². The van der Waals surface area contributed by atoms with Crippen molar-refractivity contribution < 1.29 is 0 Å². The van der Waals surface area contributed by atoms with E-state index in [1.165, 1.54) is 10.4 Å². The van der Waals surface area contributed by atoms with Gasteiger partial charge in [-0.3, -0.25) is 0 Å². The van der Waals surface area contributed by atoms with Crippen molar-refractivity contribution in [2.75, 3.05) is 5.73 Å². The van der Waals surface area contributed by atoms with Crippen LogP contribution in [0.15, 0.2) is 24.4 Å². The minimum absolute atomic E-state index is 0.103. The molecule has 1 aromatic carbocycles. The number of nitrogens with two attached hydrogens (primary N) is 1. The predicted octanol–water partition coefficient (Wildman–Crippen LogP) is 3.56. The lowest BCUT2D eigenvalue weighted by Crippen LogP contribution is -2.10. The van der Waals surface area contributed by atoms with Crippen LogP contribution in [0.1, 0.15) is 35.3 Å². The van der Waals surface area contributed by atoms with Crippen LogP contribution in [-0.4, -0.2) is 14.5 Å². The molecule has 0 aliphatic rings. The Hall–Kier alpha value is -1.88. The summed E-state index contributed by atoms with van der Waals surface area (Å²) in [5.74, 6) is 0.551. The quantitative estimate of drug-likeness (QED) is 0.801. The van der Waals surface area contributed by atoms with Gasteiger partial charge in [-0.15, -0.1) is 11.3 Å². The van der Waals surface area contributed by atoms with Crippen LogP contribution in [0.3, 0.4) is 0 Å². The summed E-state index contributed by atoms with van der Waals surface area (Å²) >= 11 is 1.75. The number of fused-ring (bicyclic) bond motifs is 1. The first-order valence-electron chi connectivity index (χ1n) is 6.79. The third kappa shape index (κ3) is 1.98. The largest absolute Gasteiger partial charge is 0.369 e. The van der Waals surface area contributed by atoms with Gasteiger partial charge in [0.25, 0.3) is 0 Å². The molecule has 0 amide bonds. The maximum atomic E-state index is 6.13. The minimum Gasteiger partial charge on any atom is -0.369 e. The summed E-state index contributed by atoms with van der Waals surface area (Å²) in [5.41, 5.74) is 9.36. The lowest BCUT2D eigenvalue weighted by Gasteiger charge is -2.14. The third-order valence-corrected chi connectivity index (χ3v) is 4.92. The van der Waals surface area contributed by atoms with Crippen molar-refractivity contribution >= 4 is 28.3 Å². The molecule has 2 heterocycles. The number of aromatic nitrogens is 3. The first kappa shape index (κ1) is 13.1. The second-order valence-electron chi connectivity index (χ2n) is 4.98. The van der Waals surface area contributed by atoms with Crippen LogP contribution in [0.4, 0.5) is 5.95 Å². The summed E-state index contributed by atoms with van der Waals surface area (Å²) in [6.45, 7) is 6.36. The summed E-state index contributed by atoms with van der Waals surface area (Å²) in [7, 11) is 0. The lowest BCUT2D eigenvalue weighted by molar-refractivity contribution is 0.661. The van der Waals surface area contributed by atoms with Gasteiger partial charge in [0.05, 0.1) is 17.1 Å². The average molecular weight is 286 g/mol. The summed E-state index contributed by atoms with van der Waals surface area (Å²) in [4.78, 5) is 10.3. The fourth-order valence-corrected chi connectivity index (χ4v) is 3.42. The van der Waals surface area contributed by atoms with Crippen LogP contribution in [0.5, 0.6) is 0 Å². The molecule has 0 saturated heterocycles. The van der Waals surface area contributed by atoms with Gasteiger partial charge in [0.15, 0.2) is 0 Å². The minimum atomic E-state index is 0.103. The van der Waals surface area contributed by atoms with E-state index in [4.69, 9.17) is 5.73 Å². The molecule has 0 aliphatic carbocycles. The van der Waals surface area contributed by atoms with E-state index in [0.717, 1.165) is 22.5 Å². The monoisotopic (exact) mass is 286 g/mol. The molecule has 0 radical (unpaired) electrons. The third-order valence-electron chi connectivity index (χ3n) is 3.60. The van der Waals surface area contributed by atoms with Crippen LogP contribution in [0, 0.1) is 6.92 Å². The first-order valence-corrected chi connectivity index (χ1v) is 7.61. The number of rotatable bonds is 3. The maximum absolute atomic E-state index is 6.13. The Labute approximate surface area is 122 Å². The lowest BCUT2D eigenvalue weighted by atomic mass is 10.2. The molecule has 104 valence electrons. The fourth-order valence-electron chi connectivity index (χ4n) is 2.52. The highest BCUT2D eigenvalue weighted by atomic mass is 32.1. The highest BCUT2D eigenvalue weighted by Crippen LogP contribution is 2.31. The molecule has 3 aromatic rings. The van der Waals surface area contributed by atoms with Gasteiger partial charge >= 0.3 is 0 Å². The van der Waals surface area contributed by atoms with Crippen LogP contribution >= 0.6 is 11.3 Å². The molecule has 4 nitrogen and oxygen atoms in total. The van der Waals surface area contributed by atoms with Gasteiger partial charge in [0.1, 0.15) is 5.01 Å². The number of imidazole rings is 1. The van der Waals surface area contributed by atoms with E-state index in [-0.39, 0.29) is 6.04 Å². The van der Waals surface area contributed by atoms with Crippen molar-refractivity contribution in [3.05, 3.63) is 39.8 Å². The van der Waals surface area contributed by atoms with E-state index >= 15 is 0 Å².